The molecule has 0 aromatic carbocycles. The number of nitrogens with zero attached hydrogens (tertiary/aromatic N) is 5. The van der Waals surface area contributed by atoms with E-state index in [1.54, 1.807) is 34.2 Å². The lowest BCUT2D eigenvalue weighted by Gasteiger charge is -2.35. The van der Waals surface area contributed by atoms with E-state index in [9.17, 15) is 8.42 Å². The van der Waals surface area contributed by atoms with Crippen LogP contribution >= 0.6 is 0 Å². The number of hydrogen-bond acceptors (Lipinski definition) is 6. The van der Waals surface area contributed by atoms with Gasteiger partial charge in [0.05, 0.1) is 7.11 Å². The monoisotopic (exact) mass is 315 g/mol. The second-order valence-corrected chi connectivity index (χ2v) is 7.13. The van der Waals surface area contributed by atoms with Crippen molar-refractivity contribution >= 4 is 16.0 Å². The third kappa shape index (κ3) is 3.42. The minimum Gasteiger partial charge on any atom is -0.481 e. The molecule has 1 aromatic heterocycles. The molecule has 0 spiro atoms. The topological polar surface area (TPSA) is 78.9 Å². The van der Waals surface area contributed by atoms with E-state index in [4.69, 9.17) is 4.74 Å². The molecule has 1 fully saturated rings. The number of piperazine rings is 1. The van der Waals surface area contributed by atoms with Gasteiger partial charge in [-0.2, -0.15) is 22.0 Å². The summed E-state index contributed by atoms with van der Waals surface area (Å²) in [4.78, 5) is 10.6. The zero-order chi connectivity index (χ0) is 15.6. The smallest absolute Gasteiger partial charge is 0.281 e. The molecule has 2 heterocycles. The Balaban J connectivity index is 2.09. The van der Waals surface area contributed by atoms with Crippen LogP contribution in [0.15, 0.2) is 6.07 Å². The van der Waals surface area contributed by atoms with E-state index in [-0.39, 0.29) is 0 Å². The van der Waals surface area contributed by atoms with E-state index in [2.05, 4.69) is 9.97 Å². The summed E-state index contributed by atoms with van der Waals surface area (Å²) < 4.78 is 32.0. The van der Waals surface area contributed by atoms with Crippen LogP contribution in [0.2, 0.25) is 0 Å². The zero-order valence-corrected chi connectivity index (χ0v) is 13.6. The predicted molar refractivity (Wildman–Crippen MR) is 79.7 cm³/mol. The lowest BCUT2D eigenvalue weighted by Crippen LogP contribution is -2.51. The summed E-state index contributed by atoms with van der Waals surface area (Å²) in [6.07, 6.45) is 0. The molecule has 1 aromatic rings. The molecule has 1 aliphatic rings. The standard InChI is InChI=1S/C12H21N5O3S/c1-10-13-11(9-12(14-10)20-4)16-5-7-17(8-6-16)21(18,19)15(2)3/h9H,5-8H2,1-4H3. The van der Waals surface area contributed by atoms with E-state index in [0.29, 0.717) is 37.9 Å². The summed E-state index contributed by atoms with van der Waals surface area (Å²) in [5.74, 6) is 1.91. The molecule has 8 nitrogen and oxygen atoms in total. The van der Waals surface area contributed by atoms with E-state index < -0.39 is 10.2 Å². The van der Waals surface area contributed by atoms with Gasteiger partial charge in [-0.05, 0) is 6.92 Å². The first kappa shape index (κ1) is 15.9. The van der Waals surface area contributed by atoms with Gasteiger partial charge in [0.25, 0.3) is 10.2 Å². The number of rotatable bonds is 4. The fourth-order valence-corrected chi connectivity index (χ4v) is 3.26. The normalized spacial score (nSPS) is 17.3. The molecule has 118 valence electrons. The Morgan fingerprint density at radius 3 is 2.33 bits per heavy atom. The molecular formula is C12H21N5O3S. The van der Waals surface area contributed by atoms with Gasteiger partial charge in [-0.15, -0.1) is 0 Å². The lowest BCUT2D eigenvalue weighted by molar-refractivity contribution is 0.354. The Labute approximate surface area is 125 Å². The fourth-order valence-electron chi connectivity index (χ4n) is 2.17. The molecule has 0 amide bonds. The Kier molecular flexibility index (Phi) is 4.64. The van der Waals surface area contributed by atoms with Gasteiger partial charge in [-0.3, -0.25) is 0 Å². The summed E-state index contributed by atoms with van der Waals surface area (Å²) in [6.45, 7) is 3.86. The Hall–Kier alpha value is -1.45. The van der Waals surface area contributed by atoms with Gasteiger partial charge in [0, 0.05) is 46.3 Å². The number of methoxy groups -OCH3 is 1. The lowest BCUT2D eigenvalue weighted by atomic mass is 10.3. The van der Waals surface area contributed by atoms with Crippen molar-refractivity contribution in [1.82, 2.24) is 18.6 Å². The van der Waals surface area contributed by atoms with Gasteiger partial charge in [0.2, 0.25) is 5.88 Å². The van der Waals surface area contributed by atoms with Gasteiger partial charge in [-0.25, -0.2) is 4.98 Å². The summed E-state index contributed by atoms with van der Waals surface area (Å²) >= 11 is 0. The highest BCUT2D eigenvalue weighted by atomic mass is 32.2. The fraction of sp³-hybridized carbons (Fsp3) is 0.667. The Morgan fingerprint density at radius 2 is 1.81 bits per heavy atom. The molecule has 0 saturated carbocycles. The predicted octanol–water partition coefficient (Wildman–Crippen LogP) is -0.278. The van der Waals surface area contributed by atoms with Crippen LogP contribution in [0.3, 0.4) is 0 Å². The first-order valence-corrected chi connectivity index (χ1v) is 8.06. The number of aryl methyl sites for hydroxylation is 1. The average molecular weight is 315 g/mol. The third-order valence-corrected chi connectivity index (χ3v) is 5.30. The molecule has 0 atom stereocenters. The molecule has 21 heavy (non-hydrogen) atoms. The molecule has 0 radical (unpaired) electrons. The SMILES string of the molecule is COc1cc(N2CCN(S(=O)(=O)N(C)C)CC2)nc(C)n1. The summed E-state index contributed by atoms with van der Waals surface area (Å²) in [5, 5.41) is 0. The molecule has 9 heteroatoms. The van der Waals surface area contributed by atoms with Crippen molar-refractivity contribution in [2.75, 3.05) is 52.3 Å². The minimum atomic E-state index is -3.34. The number of aromatic nitrogens is 2. The van der Waals surface area contributed by atoms with Crippen LogP contribution < -0.4 is 9.64 Å². The van der Waals surface area contributed by atoms with Gasteiger partial charge in [0.15, 0.2) is 0 Å². The second-order valence-electron chi connectivity index (χ2n) is 4.99. The van der Waals surface area contributed by atoms with Crippen molar-refractivity contribution in [3.05, 3.63) is 11.9 Å². The highest BCUT2D eigenvalue weighted by molar-refractivity contribution is 7.86. The van der Waals surface area contributed by atoms with Crippen molar-refractivity contribution < 1.29 is 13.2 Å². The van der Waals surface area contributed by atoms with Crippen LogP contribution in [0, 0.1) is 6.92 Å². The summed E-state index contributed by atoms with van der Waals surface area (Å²) in [5.41, 5.74) is 0. The maximum Gasteiger partial charge on any atom is 0.281 e. The van der Waals surface area contributed by atoms with Crippen LogP contribution in [0.4, 0.5) is 5.82 Å². The number of hydrogen-bond donors (Lipinski definition) is 0. The molecule has 0 unspecified atom stereocenters. The minimum absolute atomic E-state index is 0.436. The Bertz CT molecular complexity index is 597. The maximum absolute atomic E-state index is 12.1. The van der Waals surface area contributed by atoms with Crippen LogP contribution in [-0.2, 0) is 10.2 Å². The molecule has 2 rings (SSSR count). The van der Waals surface area contributed by atoms with Crippen molar-refractivity contribution in [2.45, 2.75) is 6.92 Å². The number of anilines is 1. The third-order valence-electron chi connectivity index (χ3n) is 3.36. The molecule has 1 saturated heterocycles. The number of ether oxygens (including phenoxy) is 1. The molecular weight excluding hydrogens is 294 g/mol. The van der Waals surface area contributed by atoms with Crippen molar-refractivity contribution in [1.29, 1.82) is 0 Å². The highest BCUT2D eigenvalue weighted by Gasteiger charge is 2.29. The second kappa shape index (κ2) is 6.12. The van der Waals surface area contributed by atoms with Crippen molar-refractivity contribution in [3.63, 3.8) is 0 Å². The van der Waals surface area contributed by atoms with E-state index in [1.807, 2.05) is 4.90 Å². The zero-order valence-electron chi connectivity index (χ0n) is 12.8. The van der Waals surface area contributed by atoms with E-state index in [1.165, 1.54) is 8.61 Å². The maximum atomic E-state index is 12.1. The van der Waals surface area contributed by atoms with E-state index in [0.717, 1.165) is 5.82 Å². The highest BCUT2D eigenvalue weighted by Crippen LogP contribution is 2.20. The van der Waals surface area contributed by atoms with Crippen molar-refractivity contribution in [3.8, 4) is 5.88 Å². The quantitative estimate of drug-likeness (QED) is 0.760. The average Bonchev–Trinajstić information content (AvgIpc) is 2.46. The molecule has 0 N–H and O–H groups in total. The van der Waals surface area contributed by atoms with E-state index >= 15 is 0 Å². The van der Waals surface area contributed by atoms with Gasteiger partial charge in [-0.1, -0.05) is 0 Å². The van der Waals surface area contributed by atoms with Crippen LogP contribution in [-0.4, -0.2) is 74.4 Å². The van der Waals surface area contributed by atoms with Gasteiger partial charge < -0.3 is 9.64 Å². The summed E-state index contributed by atoms with van der Waals surface area (Å²) in [7, 11) is 1.30. The van der Waals surface area contributed by atoms with Crippen molar-refractivity contribution in [2.24, 2.45) is 0 Å². The first-order chi connectivity index (χ1) is 9.84. The van der Waals surface area contributed by atoms with Crippen LogP contribution in [0.5, 0.6) is 5.88 Å². The van der Waals surface area contributed by atoms with Crippen LogP contribution in [0.25, 0.3) is 0 Å². The largest absolute Gasteiger partial charge is 0.481 e. The molecule has 1 aliphatic heterocycles. The van der Waals surface area contributed by atoms with Crippen LogP contribution in [0.1, 0.15) is 5.82 Å². The molecule has 0 aliphatic carbocycles. The van der Waals surface area contributed by atoms with Gasteiger partial charge >= 0.3 is 0 Å². The molecule has 0 bridgehead atoms. The van der Waals surface area contributed by atoms with Gasteiger partial charge in [0.1, 0.15) is 11.6 Å². The summed E-state index contributed by atoms with van der Waals surface area (Å²) in [6, 6.07) is 1.77. The Morgan fingerprint density at radius 1 is 1.19 bits per heavy atom. The first-order valence-electron chi connectivity index (χ1n) is 6.67.